The molecule has 7 aliphatic rings. The smallest absolute Gasteiger partial charge is 0.165 e. The van der Waals surface area contributed by atoms with E-state index < -0.39 is 11.2 Å². The molecule has 2 spiro atoms. The van der Waals surface area contributed by atoms with Crippen LogP contribution in [0.3, 0.4) is 0 Å². The summed E-state index contributed by atoms with van der Waals surface area (Å²) >= 11 is 0. The summed E-state index contributed by atoms with van der Waals surface area (Å²) in [7, 11) is 1.72. The predicted octanol–water partition coefficient (Wildman–Crippen LogP) is 4.06. The Morgan fingerprint density at radius 2 is 1.91 bits per heavy atom. The molecule has 7 atom stereocenters. The van der Waals surface area contributed by atoms with E-state index >= 15 is 0 Å². The molecule has 1 saturated heterocycles. The van der Waals surface area contributed by atoms with Crippen LogP contribution in [0.2, 0.25) is 0 Å². The molecule has 186 valence electrons. The van der Waals surface area contributed by atoms with Crippen molar-refractivity contribution in [3.8, 4) is 11.5 Å². The Morgan fingerprint density at radius 1 is 1.15 bits per heavy atom. The highest BCUT2D eigenvalue weighted by Gasteiger charge is 2.81. The molecule has 0 aromatic heterocycles. The van der Waals surface area contributed by atoms with Gasteiger partial charge in [-0.1, -0.05) is 26.8 Å². The van der Waals surface area contributed by atoms with Crippen molar-refractivity contribution in [1.82, 2.24) is 4.90 Å². The van der Waals surface area contributed by atoms with Gasteiger partial charge in [-0.25, -0.2) is 0 Å². The van der Waals surface area contributed by atoms with E-state index in [2.05, 4.69) is 37.8 Å². The summed E-state index contributed by atoms with van der Waals surface area (Å²) in [5.41, 5.74) is 0.151. The lowest BCUT2D eigenvalue weighted by atomic mass is 9.33. The molecule has 5 aliphatic carbocycles. The zero-order valence-electron chi connectivity index (χ0n) is 21.5. The van der Waals surface area contributed by atoms with Crippen LogP contribution in [-0.2, 0) is 11.8 Å². The van der Waals surface area contributed by atoms with Gasteiger partial charge in [0, 0.05) is 34.9 Å². The van der Waals surface area contributed by atoms with Crippen LogP contribution >= 0.6 is 0 Å². The number of benzene rings is 1. The lowest BCUT2D eigenvalue weighted by molar-refractivity contribution is -0.305. The molecule has 1 unspecified atom stereocenters. The maximum Gasteiger partial charge on any atom is 0.165 e. The lowest BCUT2D eigenvalue weighted by Crippen LogP contribution is -2.82. The number of piperidine rings is 1. The molecule has 1 aromatic carbocycles. The zero-order chi connectivity index (χ0) is 23.9. The summed E-state index contributed by atoms with van der Waals surface area (Å²) < 4.78 is 12.7. The van der Waals surface area contributed by atoms with Crippen LogP contribution in [0.1, 0.15) is 77.3 Å². The molecule has 1 aromatic rings. The van der Waals surface area contributed by atoms with Crippen LogP contribution in [0.15, 0.2) is 12.1 Å². The first-order valence-electron chi connectivity index (χ1n) is 13.6. The van der Waals surface area contributed by atoms with Gasteiger partial charge in [0.1, 0.15) is 11.7 Å². The third-order valence-corrected chi connectivity index (χ3v) is 11.7. The van der Waals surface area contributed by atoms with Gasteiger partial charge < -0.3 is 19.7 Å². The number of aliphatic hydroxyl groups is 2. The summed E-state index contributed by atoms with van der Waals surface area (Å²) in [6.07, 6.45) is 7.07. The summed E-state index contributed by atoms with van der Waals surface area (Å²) in [4.78, 5) is 2.81. The second-order valence-corrected chi connectivity index (χ2v) is 13.8. The Kier molecular flexibility index (Phi) is 4.08. The van der Waals surface area contributed by atoms with Gasteiger partial charge in [0.25, 0.3) is 0 Å². The fourth-order valence-electron chi connectivity index (χ4n) is 9.41. The Balaban J connectivity index is 1.46. The Bertz CT molecular complexity index is 1060. The summed E-state index contributed by atoms with van der Waals surface area (Å²) in [5.74, 6) is 2.29. The van der Waals surface area contributed by atoms with Crippen LogP contribution in [0.5, 0.6) is 11.5 Å². The van der Waals surface area contributed by atoms with Crippen LogP contribution in [0, 0.1) is 22.7 Å². The highest BCUT2D eigenvalue weighted by atomic mass is 16.5. The molecule has 2 heterocycles. The van der Waals surface area contributed by atoms with Gasteiger partial charge in [0.05, 0.1) is 12.7 Å². The number of ether oxygens (including phenoxy) is 2. The number of rotatable bonds is 4. The number of hydrogen-bond acceptors (Lipinski definition) is 5. The van der Waals surface area contributed by atoms with Gasteiger partial charge in [-0.2, -0.15) is 0 Å². The van der Waals surface area contributed by atoms with Gasteiger partial charge in [-0.15, -0.1) is 0 Å². The Hall–Kier alpha value is -1.30. The molecule has 5 heteroatoms. The molecule has 5 nitrogen and oxygen atoms in total. The summed E-state index contributed by atoms with van der Waals surface area (Å²) in [6, 6.07) is 4.78. The number of likely N-dealkylation sites (tertiary alicyclic amines) is 1. The standard InChI is InChI=1S/C29H41NO4/c1-25(2,3)26(4,31)20-15-27-10-11-29(20,32)24-28(27)12-13-30(16-17-6-7-17)21(27)14-18-8-9-19(33-5)23(34-24)22(18)28/h8-9,17,20-21,24,31-32H,6-7,10-16H2,1-5H3/t20-,21-,24+,26?,27-,28+,29-/m1/s1. The van der Waals surface area contributed by atoms with Crippen molar-refractivity contribution in [3.05, 3.63) is 23.3 Å². The molecule has 2 aliphatic heterocycles. The quantitative estimate of drug-likeness (QED) is 0.699. The van der Waals surface area contributed by atoms with Gasteiger partial charge in [0.15, 0.2) is 11.5 Å². The van der Waals surface area contributed by atoms with E-state index in [-0.39, 0.29) is 28.3 Å². The minimum Gasteiger partial charge on any atom is -0.493 e. The molecule has 4 saturated carbocycles. The topological polar surface area (TPSA) is 62.2 Å². The molecular formula is C29H41NO4. The Labute approximate surface area is 203 Å². The minimum atomic E-state index is -1.06. The van der Waals surface area contributed by atoms with Gasteiger partial charge in [-0.05, 0) is 81.4 Å². The van der Waals surface area contributed by atoms with Crippen molar-refractivity contribution in [3.63, 3.8) is 0 Å². The highest BCUT2D eigenvalue weighted by molar-refractivity contribution is 5.63. The number of methoxy groups -OCH3 is 1. The fourth-order valence-corrected chi connectivity index (χ4v) is 9.41. The minimum absolute atomic E-state index is 0.0137. The van der Waals surface area contributed by atoms with Crippen molar-refractivity contribution in [2.45, 2.75) is 101 Å². The predicted molar refractivity (Wildman–Crippen MR) is 130 cm³/mol. The number of hydrogen-bond donors (Lipinski definition) is 2. The molecule has 34 heavy (non-hydrogen) atoms. The maximum atomic E-state index is 12.6. The third-order valence-electron chi connectivity index (χ3n) is 11.7. The van der Waals surface area contributed by atoms with Crippen LogP contribution in [0.25, 0.3) is 0 Å². The van der Waals surface area contributed by atoms with Crippen molar-refractivity contribution in [2.75, 3.05) is 20.2 Å². The molecule has 5 fully saturated rings. The molecule has 0 amide bonds. The normalized spacial score (nSPS) is 43.8. The van der Waals surface area contributed by atoms with Crippen LogP contribution in [0.4, 0.5) is 0 Å². The first-order chi connectivity index (χ1) is 16.0. The second kappa shape index (κ2) is 6.33. The van der Waals surface area contributed by atoms with Crippen LogP contribution < -0.4 is 9.47 Å². The van der Waals surface area contributed by atoms with E-state index in [1.165, 1.54) is 30.5 Å². The average molecular weight is 468 g/mol. The van der Waals surface area contributed by atoms with Crippen molar-refractivity contribution in [2.24, 2.45) is 22.7 Å². The van der Waals surface area contributed by atoms with Gasteiger partial charge in [-0.3, -0.25) is 4.90 Å². The van der Waals surface area contributed by atoms with E-state index in [0.717, 1.165) is 49.6 Å². The lowest BCUT2D eigenvalue weighted by Gasteiger charge is -2.75. The highest BCUT2D eigenvalue weighted by Crippen LogP contribution is 2.77. The maximum absolute atomic E-state index is 12.6. The van der Waals surface area contributed by atoms with Gasteiger partial charge >= 0.3 is 0 Å². The molecule has 0 radical (unpaired) electrons. The monoisotopic (exact) mass is 467 g/mol. The van der Waals surface area contributed by atoms with E-state index in [1.54, 1.807) is 7.11 Å². The molecule has 8 rings (SSSR count). The molecular weight excluding hydrogens is 426 g/mol. The third kappa shape index (κ3) is 2.29. The first-order valence-corrected chi connectivity index (χ1v) is 13.6. The average Bonchev–Trinajstić information content (AvgIpc) is 3.52. The zero-order valence-corrected chi connectivity index (χ0v) is 21.5. The number of fused-ring (bicyclic) bond motifs is 2. The second-order valence-electron chi connectivity index (χ2n) is 13.8. The number of nitrogens with zero attached hydrogens (tertiary/aromatic N) is 1. The van der Waals surface area contributed by atoms with Gasteiger partial charge in [0.2, 0.25) is 0 Å². The fraction of sp³-hybridized carbons (Fsp3) is 0.793. The first kappa shape index (κ1) is 21.9. The summed E-state index contributed by atoms with van der Waals surface area (Å²) in [5, 5.41) is 24.7. The van der Waals surface area contributed by atoms with Crippen molar-refractivity contribution >= 4 is 0 Å². The van der Waals surface area contributed by atoms with E-state index in [4.69, 9.17) is 9.47 Å². The van der Waals surface area contributed by atoms with E-state index in [1.807, 2.05) is 6.92 Å². The SMILES string of the molecule is COc1ccc2c3c1O[C@@H]1[C@@]4(O)CC[C@@]5(C[C@@H]4C(C)(O)C(C)(C)C)[C@@H](C2)N(CC2CC2)CC[C@]315. The van der Waals surface area contributed by atoms with Crippen LogP contribution in [-0.4, -0.2) is 58.7 Å². The molecule has 4 bridgehead atoms. The van der Waals surface area contributed by atoms with E-state index in [0.29, 0.717) is 12.5 Å². The summed E-state index contributed by atoms with van der Waals surface area (Å²) in [6.45, 7) is 10.6. The molecule has 2 N–H and O–H groups in total. The van der Waals surface area contributed by atoms with Crippen molar-refractivity contribution in [1.29, 1.82) is 0 Å². The largest absolute Gasteiger partial charge is 0.493 e. The Morgan fingerprint density at radius 3 is 2.59 bits per heavy atom. The van der Waals surface area contributed by atoms with Crippen molar-refractivity contribution < 1.29 is 19.7 Å². The van der Waals surface area contributed by atoms with E-state index in [9.17, 15) is 10.2 Å².